The summed E-state index contributed by atoms with van der Waals surface area (Å²) < 4.78 is 1.02. The summed E-state index contributed by atoms with van der Waals surface area (Å²) in [7, 11) is 0. The first-order valence-corrected chi connectivity index (χ1v) is 5.55. The molecule has 0 spiro atoms. The van der Waals surface area contributed by atoms with Crippen LogP contribution in [-0.4, -0.2) is 9.97 Å². The minimum absolute atomic E-state index is 0.136. The zero-order valence-electron chi connectivity index (χ0n) is 9.03. The lowest BCUT2D eigenvalue weighted by Gasteiger charge is -2.14. The largest absolute Gasteiger partial charge is 0.307 e. The van der Waals surface area contributed by atoms with Gasteiger partial charge in [-0.1, -0.05) is 20.8 Å². The van der Waals surface area contributed by atoms with Crippen molar-refractivity contribution in [3.8, 4) is 0 Å². The standard InChI is InChI=1S/C10H14N4S/c1-10(2,3)7-4-6-8(15-7)9(14-11)13-5-12-6/h4-5H,11H2,1-3H3,(H,12,13,14). The maximum Gasteiger partial charge on any atom is 0.161 e. The summed E-state index contributed by atoms with van der Waals surface area (Å²) in [5.74, 6) is 6.10. The topological polar surface area (TPSA) is 63.8 Å². The molecule has 0 fully saturated rings. The Morgan fingerprint density at radius 2 is 2.07 bits per heavy atom. The Morgan fingerprint density at radius 1 is 1.33 bits per heavy atom. The van der Waals surface area contributed by atoms with Gasteiger partial charge in [-0.25, -0.2) is 15.8 Å². The monoisotopic (exact) mass is 222 g/mol. The maximum absolute atomic E-state index is 5.40. The van der Waals surface area contributed by atoms with Crippen molar-refractivity contribution in [2.45, 2.75) is 26.2 Å². The summed E-state index contributed by atoms with van der Waals surface area (Å²) in [4.78, 5) is 9.60. The number of nitrogen functional groups attached to an aromatic ring is 1. The Kier molecular flexibility index (Phi) is 2.36. The Labute approximate surface area is 92.5 Å². The van der Waals surface area contributed by atoms with Crippen molar-refractivity contribution in [2.75, 3.05) is 5.43 Å². The van der Waals surface area contributed by atoms with E-state index in [2.05, 4.69) is 42.2 Å². The van der Waals surface area contributed by atoms with Crippen molar-refractivity contribution < 1.29 is 0 Å². The minimum Gasteiger partial charge on any atom is -0.307 e. The highest BCUT2D eigenvalue weighted by molar-refractivity contribution is 7.19. The molecule has 0 aliphatic carbocycles. The van der Waals surface area contributed by atoms with Gasteiger partial charge in [0.2, 0.25) is 0 Å². The van der Waals surface area contributed by atoms with Crippen LogP contribution in [0.4, 0.5) is 5.82 Å². The summed E-state index contributed by atoms with van der Waals surface area (Å²) in [5, 5.41) is 0. The summed E-state index contributed by atoms with van der Waals surface area (Å²) in [6.07, 6.45) is 1.52. The molecule has 0 atom stereocenters. The van der Waals surface area contributed by atoms with Gasteiger partial charge in [-0.2, -0.15) is 0 Å². The number of hydrogen-bond acceptors (Lipinski definition) is 5. The van der Waals surface area contributed by atoms with Crippen molar-refractivity contribution >= 4 is 27.4 Å². The number of fused-ring (bicyclic) bond motifs is 1. The van der Waals surface area contributed by atoms with Crippen molar-refractivity contribution in [2.24, 2.45) is 5.84 Å². The molecule has 3 N–H and O–H groups in total. The van der Waals surface area contributed by atoms with Gasteiger partial charge in [0, 0.05) is 4.88 Å². The van der Waals surface area contributed by atoms with E-state index in [9.17, 15) is 0 Å². The lowest BCUT2D eigenvalue weighted by Crippen LogP contribution is -2.08. The van der Waals surface area contributed by atoms with Crippen LogP contribution in [0.2, 0.25) is 0 Å². The summed E-state index contributed by atoms with van der Waals surface area (Å²) in [6, 6.07) is 2.10. The van der Waals surface area contributed by atoms with Gasteiger partial charge in [0.05, 0.1) is 10.2 Å². The molecular weight excluding hydrogens is 208 g/mol. The summed E-state index contributed by atoms with van der Waals surface area (Å²) in [6.45, 7) is 6.54. The van der Waals surface area contributed by atoms with E-state index >= 15 is 0 Å². The van der Waals surface area contributed by atoms with Crippen LogP contribution >= 0.6 is 11.3 Å². The van der Waals surface area contributed by atoms with E-state index in [-0.39, 0.29) is 5.41 Å². The van der Waals surface area contributed by atoms with Crippen LogP contribution in [0.3, 0.4) is 0 Å². The average Bonchev–Trinajstić information content (AvgIpc) is 2.59. The number of rotatable bonds is 1. The van der Waals surface area contributed by atoms with Crippen LogP contribution in [0.5, 0.6) is 0 Å². The van der Waals surface area contributed by atoms with E-state index in [1.165, 1.54) is 11.2 Å². The van der Waals surface area contributed by atoms with Crippen molar-refractivity contribution in [3.05, 3.63) is 17.3 Å². The summed E-state index contributed by atoms with van der Waals surface area (Å²) >= 11 is 1.69. The maximum atomic E-state index is 5.40. The van der Waals surface area contributed by atoms with E-state index in [4.69, 9.17) is 5.84 Å². The van der Waals surface area contributed by atoms with Crippen molar-refractivity contribution in [1.82, 2.24) is 9.97 Å². The molecule has 0 radical (unpaired) electrons. The number of nitrogens with zero attached hydrogens (tertiary/aromatic N) is 2. The Balaban J connectivity index is 2.65. The van der Waals surface area contributed by atoms with E-state index in [0.29, 0.717) is 5.82 Å². The number of thiophene rings is 1. The van der Waals surface area contributed by atoms with Crippen LogP contribution < -0.4 is 11.3 Å². The molecule has 0 aromatic carbocycles. The molecule has 2 heterocycles. The predicted molar refractivity (Wildman–Crippen MR) is 63.9 cm³/mol. The molecule has 0 saturated heterocycles. The van der Waals surface area contributed by atoms with Gasteiger partial charge in [-0.15, -0.1) is 11.3 Å². The van der Waals surface area contributed by atoms with Crippen LogP contribution in [0, 0.1) is 0 Å². The SMILES string of the molecule is CC(C)(C)c1cc2ncnc(NN)c2s1. The van der Waals surface area contributed by atoms with Crippen LogP contribution in [0.25, 0.3) is 10.2 Å². The zero-order chi connectivity index (χ0) is 11.1. The third-order valence-electron chi connectivity index (χ3n) is 2.19. The number of nitrogens with one attached hydrogen (secondary N) is 1. The number of aromatic nitrogens is 2. The molecule has 5 heteroatoms. The molecule has 15 heavy (non-hydrogen) atoms. The number of anilines is 1. The fourth-order valence-electron chi connectivity index (χ4n) is 1.33. The quantitative estimate of drug-likeness (QED) is 0.574. The normalized spacial score (nSPS) is 12.0. The van der Waals surface area contributed by atoms with E-state index < -0.39 is 0 Å². The van der Waals surface area contributed by atoms with Gasteiger partial charge in [0.1, 0.15) is 6.33 Å². The highest BCUT2D eigenvalue weighted by atomic mass is 32.1. The van der Waals surface area contributed by atoms with Gasteiger partial charge in [0.25, 0.3) is 0 Å². The molecule has 0 saturated carbocycles. The lowest BCUT2D eigenvalue weighted by molar-refractivity contribution is 0.604. The first kappa shape index (κ1) is 10.3. The Morgan fingerprint density at radius 3 is 2.67 bits per heavy atom. The van der Waals surface area contributed by atoms with E-state index in [1.54, 1.807) is 11.3 Å². The second kappa shape index (κ2) is 3.43. The van der Waals surface area contributed by atoms with Crippen LogP contribution in [0.15, 0.2) is 12.4 Å². The molecule has 2 aromatic rings. The predicted octanol–water partition coefficient (Wildman–Crippen LogP) is 2.27. The molecule has 0 aliphatic heterocycles. The second-order valence-corrected chi connectivity index (χ2v) is 5.49. The average molecular weight is 222 g/mol. The van der Waals surface area contributed by atoms with Crippen LogP contribution in [-0.2, 0) is 5.41 Å². The third-order valence-corrected chi connectivity index (χ3v) is 3.74. The highest BCUT2D eigenvalue weighted by Crippen LogP contribution is 2.35. The zero-order valence-corrected chi connectivity index (χ0v) is 9.85. The summed E-state index contributed by atoms with van der Waals surface area (Å²) in [5.41, 5.74) is 3.68. The Bertz CT molecular complexity index is 484. The van der Waals surface area contributed by atoms with Gasteiger partial charge >= 0.3 is 0 Å². The second-order valence-electron chi connectivity index (χ2n) is 4.44. The first-order chi connectivity index (χ1) is 7.02. The first-order valence-electron chi connectivity index (χ1n) is 4.74. The van der Waals surface area contributed by atoms with Gasteiger partial charge in [0.15, 0.2) is 5.82 Å². The van der Waals surface area contributed by atoms with Gasteiger partial charge in [-0.3, -0.25) is 0 Å². The van der Waals surface area contributed by atoms with E-state index in [1.807, 2.05) is 0 Å². The third kappa shape index (κ3) is 1.80. The molecule has 0 amide bonds. The highest BCUT2D eigenvalue weighted by Gasteiger charge is 2.18. The minimum atomic E-state index is 0.136. The van der Waals surface area contributed by atoms with Crippen molar-refractivity contribution in [3.63, 3.8) is 0 Å². The smallest absolute Gasteiger partial charge is 0.161 e. The molecule has 4 nitrogen and oxygen atoms in total. The number of hydrogen-bond donors (Lipinski definition) is 2. The molecule has 0 bridgehead atoms. The fraction of sp³-hybridized carbons (Fsp3) is 0.400. The van der Waals surface area contributed by atoms with E-state index in [0.717, 1.165) is 10.2 Å². The van der Waals surface area contributed by atoms with Crippen molar-refractivity contribution in [1.29, 1.82) is 0 Å². The molecule has 2 aromatic heterocycles. The number of hydrazine groups is 1. The fourth-order valence-corrected chi connectivity index (χ4v) is 2.45. The molecular formula is C10H14N4S. The lowest BCUT2D eigenvalue weighted by atomic mass is 9.95. The molecule has 80 valence electrons. The Hall–Kier alpha value is -1.20. The van der Waals surface area contributed by atoms with Gasteiger partial charge < -0.3 is 5.43 Å². The van der Waals surface area contributed by atoms with Gasteiger partial charge in [-0.05, 0) is 11.5 Å². The number of nitrogens with two attached hydrogens (primary N) is 1. The molecule has 0 aliphatic rings. The molecule has 2 rings (SSSR count). The molecule has 0 unspecified atom stereocenters. The van der Waals surface area contributed by atoms with Crippen LogP contribution in [0.1, 0.15) is 25.6 Å².